The highest BCUT2D eigenvalue weighted by atomic mass is 127. The van der Waals surface area contributed by atoms with E-state index in [1.54, 1.807) is 7.05 Å². The maximum absolute atomic E-state index is 5.84. The number of nitrogens with zero attached hydrogens (tertiary/aromatic N) is 2. The number of aryl methyl sites for hydroxylation is 2. The number of hydrogen-bond acceptors (Lipinski definition) is 4. The Hall–Kier alpha value is -0.830. The van der Waals surface area contributed by atoms with Crippen LogP contribution in [0.5, 0.6) is 0 Å². The van der Waals surface area contributed by atoms with Crippen molar-refractivity contribution >= 4 is 29.9 Å². The quantitative estimate of drug-likeness (QED) is 0.456. The first-order valence-corrected chi connectivity index (χ1v) is 7.21. The van der Waals surface area contributed by atoms with E-state index in [0.717, 1.165) is 30.3 Å². The number of aliphatic imine (C=N–C) groups is 1. The Bertz CT molecular complexity index is 498. The zero-order chi connectivity index (χ0) is 14.1. The molecule has 3 atom stereocenters. The normalized spacial score (nSPS) is 27.6. The Labute approximate surface area is 142 Å². The van der Waals surface area contributed by atoms with E-state index < -0.39 is 0 Å². The summed E-state index contributed by atoms with van der Waals surface area (Å²) in [5.74, 6) is 2.33. The van der Waals surface area contributed by atoms with Crippen LogP contribution in [0.3, 0.4) is 0 Å². The van der Waals surface area contributed by atoms with Crippen LogP contribution in [0.2, 0.25) is 0 Å². The Morgan fingerprint density at radius 2 is 2.19 bits per heavy atom. The lowest BCUT2D eigenvalue weighted by molar-refractivity contribution is 0.0992. The number of aromatic nitrogens is 1. The average Bonchev–Trinajstić information content (AvgIpc) is 3.11. The van der Waals surface area contributed by atoms with E-state index in [0.29, 0.717) is 30.7 Å². The van der Waals surface area contributed by atoms with Crippen molar-refractivity contribution in [3.8, 4) is 0 Å². The van der Waals surface area contributed by atoms with Crippen molar-refractivity contribution in [1.82, 2.24) is 15.6 Å². The molecule has 2 bridgehead atoms. The lowest BCUT2D eigenvalue weighted by atomic mass is 9.96. The molecular formula is C14H23IN4O2. The van der Waals surface area contributed by atoms with E-state index in [9.17, 15) is 0 Å². The van der Waals surface area contributed by atoms with Gasteiger partial charge in [0.05, 0.1) is 30.5 Å². The van der Waals surface area contributed by atoms with Crippen molar-refractivity contribution < 1.29 is 9.15 Å². The van der Waals surface area contributed by atoms with Crippen molar-refractivity contribution in [3.05, 3.63) is 17.3 Å². The summed E-state index contributed by atoms with van der Waals surface area (Å²) in [7, 11) is 1.77. The maximum atomic E-state index is 5.84. The molecular weight excluding hydrogens is 383 g/mol. The summed E-state index contributed by atoms with van der Waals surface area (Å²) in [4.78, 5) is 8.60. The molecule has 2 aliphatic rings. The zero-order valence-corrected chi connectivity index (χ0v) is 15.0. The van der Waals surface area contributed by atoms with Crippen LogP contribution >= 0.6 is 24.0 Å². The lowest BCUT2D eigenvalue weighted by Gasteiger charge is -2.22. The van der Waals surface area contributed by atoms with Crippen molar-refractivity contribution in [3.63, 3.8) is 0 Å². The molecule has 21 heavy (non-hydrogen) atoms. The van der Waals surface area contributed by atoms with Gasteiger partial charge in [-0.25, -0.2) is 4.98 Å². The Morgan fingerprint density at radius 3 is 2.71 bits per heavy atom. The molecule has 1 aromatic rings. The van der Waals surface area contributed by atoms with Gasteiger partial charge >= 0.3 is 0 Å². The van der Waals surface area contributed by atoms with Crippen LogP contribution in [0.25, 0.3) is 0 Å². The van der Waals surface area contributed by atoms with E-state index in [4.69, 9.17) is 9.15 Å². The number of hydrogen-bond donors (Lipinski definition) is 2. The SMILES string of the molecule is CN=C(NCc1nc(C)c(C)o1)NC1CC2CCC1O2.I. The second-order valence-corrected chi connectivity index (χ2v) is 5.54. The number of rotatable bonds is 3. The van der Waals surface area contributed by atoms with Crippen LogP contribution in [-0.2, 0) is 11.3 Å². The second-order valence-electron chi connectivity index (χ2n) is 5.54. The summed E-state index contributed by atoms with van der Waals surface area (Å²) in [5.41, 5.74) is 0.936. The van der Waals surface area contributed by atoms with Crippen molar-refractivity contribution in [1.29, 1.82) is 0 Å². The summed E-state index contributed by atoms with van der Waals surface area (Å²) in [6.45, 7) is 4.41. The first-order chi connectivity index (χ1) is 9.65. The molecule has 118 valence electrons. The number of halogens is 1. The number of oxazole rings is 1. The van der Waals surface area contributed by atoms with Gasteiger partial charge in [0.25, 0.3) is 0 Å². The fourth-order valence-electron chi connectivity index (χ4n) is 2.93. The van der Waals surface area contributed by atoms with Gasteiger partial charge < -0.3 is 19.8 Å². The minimum atomic E-state index is 0. The number of fused-ring (bicyclic) bond motifs is 2. The molecule has 3 heterocycles. The molecule has 0 radical (unpaired) electrons. The predicted molar refractivity (Wildman–Crippen MR) is 91.0 cm³/mol. The predicted octanol–water partition coefficient (Wildman–Crippen LogP) is 1.89. The summed E-state index contributed by atoms with van der Waals surface area (Å²) >= 11 is 0. The minimum Gasteiger partial charge on any atom is -0.444 e. The molecule has 2 N–H and O–H groups in total. The van der Waals surface area contributed by atoms with Gasteiger partial charge in [0.2, 0.25) is 5.89 Å². The molecule has 0 saturated carbocycles. The van der Waals surface area contributed by atoms with Gasteiger partial charge in [-0.15, -0.1) is 24.0 Å². The van der Waals surface area contributed by atoms with E-state index >= 15 is 0 Å². The first-order valence-electron chi connectivity index (χ1n) is 7.21. The molecule has 2 saturated heterocycles. The minimum absolute atomic E-state index is 0. The largest absolute Gasteiger partial charge is 0.444 e. The summed E-state index contributed by atoms with van der Waals surface area (Å²) in [6, 6.07) is 0.369. The Balaban J connectivity index is 0.00000161. The molecule has 2 aliphatic heterocycles. The molecule has 2 fully saturated rings. The molecule has 0 amide bonds. The van der Waals surface area contributed by atoms with E-state index in [1.165, 1.54) is 6.42 Å². The van der Waals surface area contributed by atoms with E-state index in [1.807, 2.05) is 13.8 Å². The van der Waals surface area contributed by atoms with Crippen molar-refractivity contribution in [2.24, 2.45) is 4.99 Å². The third-order valence-electron chi connectivity index (χ3n) is 4.13. The third-order valence-corrected chi connectivity index (χ3v) is 4.13. The second kappa shape index (κ2) is 6.95. The van der Waals surface area contributed by atoms with E-state index in [-0.39, 0.29) is 24.0 Å². The highest BCUT2D eigenvalue weighted by Gasteiger charge is 2.41. The summed E-state index contributed by atoms with van der Waals surface area (Å²) in [6.07, 6.45) is 4.20. The van der Waals surface area contributed by atoms with Gasteiger partial charge in [0.15, 0.2) is 5.96 Å². The van der Waals surface area contributed by atoms with Gasteiger partial charge in [0, 0.05) is 7.05 Å². The molecule has 3 unspecified atom stereocenters. The average molecular weight is 406 g/mol. The smallest absolute Gasteiger partial charge is 0.214 e. The standard InChI is InChI=1S/C14H22N4O2.HI/c1-8-9(2)19-13(17-8)7-16-14(15-3)18-11-6-10-4-5-12(11)20-10;/h10-12H,4-7H2,1-3H3,(H2,15,16,18);1H. The highest BCUT2D eigenvalue weighted by Crippen LogP contribution is 2.34. The van der Waals surface area contributed by atoms with Crippen LogP contribution in [-0.4, -0.2) is 36.2 Å². The number of ether oxygens (including phenoxy) is 1. The molecule has 0 aliphatic carbocycles. The van der Waals surface area contributed by atoms with Gasteiger partial charge in [-0.1, -0.05) is 0 Å². The molecule has 6 nitrogen and oxygen atoms in total. The molecule has 0 aromatic carbocycles. The Kier molecular flexibility index (Phi) is 5.48. The van der Waals surface area contributed by atoms with Crippen LogP contribution in [0.4, 0.5) is 0 Å². The van der Waals surface area contributed by atoms with Gasteiger partial charge in [-0.05, 0) is 33.1 Å². The van der Waals surface area contributed by atoms with Crippen LogP contribution in [0.15, 0.2) is 9.41 Å². The molecule has 3 rings (SSSR count). The summed E-state index contributed by atoms with van der Waals surface area (Å²) < 4.78 is 11.4. The van der Waals surface area contributed by atoms with Gasteiger partial charge in [0.1, 0.15) is 5.76 Å². The number of nitrogens with one attached hydrogen (secondary N) is 2. The van der Waals surface area contributed by atoms with Crippen LogP contribution in [0, 0.1) is 13.8 Å². The highest BCUT2D eigenvalue weighted by molar-refractivity contribution is 14.0. The fraction of sp³-hybridized carbons (Fsp3) is 0.714. The van der Waals surface area contributed by atoms with Crippen molar-refractivity contribution in [2.75, 3.05) is 7.05 Å². The maximum Gasteiger partial charge on any atom is 0.214 e. The monoisotopic (exact) mass is 406 g/mol. The van der Waals surface area contributed by atoms with Gasteiger partial charge in [-0.3, -0.25) is 4.99 Å². The molecule has 0 spiro atoms. The summed E-state index contributed by atoms with van der Waals surface area (Å²) in [5, 5.41) is 6.67. The number of guanidine groups is 1. The van der Waals surface area contributed by atoms with Crippen molar-refractivity contribution in [2.45, 2.75) is 57.9 Å². The first kappa shape index (κ1) is 16.5. The fourth-order valence-corrected chi connectivity index (χ4v) is 2.93. The molecule has 1 aromatic heterocycles. The lowest BCUT2D eigenvalue weighted by Crippen LogP contribution is -2.47. The topological polar surface area (TPSA) is 71.7 Å². The third kappa shape index (κ3) is 3.68. The van der Waals surface area contributed by atoms with E-state index in [2.05, 4.69) is 20.6 Å². The van der Waals surface area contributed by atoms with Crippen LogP contribution in [0.1, 0.15) is 36.6 Å². The zero-order valence-electron chi connectivity index (χ0n) is 12.7. The van der Waals surface area contributed by atoms with Gasteiger partial charge in [-0.2, -0.15) is 0 Å². The van der Waals surface area contributed by atoms with Crippen LogP contribution < -0.4 is 10.6 Å². The Morgan fingerprint density at radius 1 is 1.38 bits per heavy atom. The molecule has 7 heteroatoms.